The fraction of sp³-hybridized carbons (Fsp3) is 0.136. The third-order valence-corrected chi connectivity index (χ3v) is 4.30. The van der Waals surface area contributed by atoms with Crippen LogP contribution >= 0.6 is 0 Å². The van der Waals surface area contributed by atoms with Gasteiger partial charge in [-0.1, -0.05) is 30.3 Å². The van der Waals surface area contributed by atoms with Crippen molar-refractivity contribution in [1.82, 2.24) is 4.98 Å². The minimum Gasteiger partial charge on any atom is -0.322 e. The topological polar surface area (TPSA) is 71.1 Å². The van der Waals surface area contributed by atoms with Crippen LogP contribution in [0.15, 0.2) is 60.9 Å². The molecule has 2 amide bonds. The van der Waals surface area contributed by atoms with Crippen LogP contribution in [0.3, 0.4) is 0 Å². The quantitative estimate of drug-likeness (QED) is 0.720. The highest BCUT2D eigenvalue weighted by Crippen LogP contribution is 2.18. The molecule has 0 fully saturated rings. The van der Waals surface area contributed by atoms with Gasteiger partial charge in [-0.25, -0.2) is 0 Å². The molecular weight excluding hydrogens is 338 g/mol. The molecule has 5 heteroatoms. The van der Waals surface area contributed by atoms with Gasteiger partial charge in [-0.05, 0) is 55.7 Å². The Kier molecular flexibility index (Phi) is 5.31. The zero-order chi connectivity index (χ0) is 19.4. The molecule has 27 heavy (non-hydrogen) atoms. The largest absolute Gasteiger partial charge is 0.322 e. The lowest BCUT2D eigenvalue weighted by molar-refractivity contribution is 0.102. The van der Waals surface area contributed by atoms with Gasteiger partial charge in [0.05, 0.1) is 11.1 Å². The average molecular weight is 359 g/mol. The molecule has 3 rings (SSSR count). The summed E-state index contributed by atoms with van der Waals surface area (Å²) in [4.78, 5) is 29.1. The predicted octanol–water partition coefficient (Wildman–Crippen LogP) is 4.51. The van der Waals surface area contributed by atoms with Crippen LogP contribution in [-0.4, -0.2) is 16.8 Å². The maximum Gasteiger partial charge on any atom is 0.257 e. The van der Waals surface area contributed by atoms with Crippen LogP contribution in [0.4, 0.5) is 11.4 Å². The number of para-hydroxylation sites is 1. The summed E-state index contributed by atoms with van der Waals surface area (Å²) in [5.74, 6) is -0.611. The van der Waals surface area contributed by atoms with E-state index in [0.29, 0.717) is 11.1 Å². The summed E-state index contributed by atoms with van der Waals surface area (Å²) in [6.07, 6.45) is 2.90. The van der Waals surface area contributed by atoms with Crippen LogP contribution in [-0.2, 0) is 0 Å². The molecule has 1 aromatic heterocycles. The Hall–Kier alpha value is -3.47. The number of rotatable bonds is 4. The molecule has 0 saturated carbocycles. The predicted molar refractivity (Wildman–Crippen MR) is 107 cm³/mol. The first kappa shape index (κ1) is 18.3. The molecule has 0 spiro atoms. The van der Waals surface area contributed by atoms with E-state index >= 15 is 0 Å². The molecule has 136 valence electrons. The number of carbonyl (C=O) groups excluding carboxylic acids is 2. The van der Waals surface area contributed by atoms with E-state index in [1.54, 1.807) is 6.07 Å². The second-order valence-corrected chi connectivity index (χ2v) is 6.50. The molecule has 0 aliphatic heterocycles. The lowest BCUT2D eigenvalue weighted by atomic mass is 10.1. The summed E-state index contributed by atoms with van der Waals surface area (Å²) in [5.41, 5.74) is 5.11. The van der Waals surface area contributed by atoms with E-state index in [2.05, 4.69) is 15.6 Å². The van der Waals surface area contributed by atoms with E-state index in [-0.39, 0.29) is 11.8 Å². The Balaban J connectivity index is 1.78. The van der Waals surface area contributed by atoms with E-state index < -0.39 is 0 Å². The monoisotopic (exact) mass is 359 g/mol. The molecule has 5 nitrogen and oxygen atoms in total. The van der Waals surface area contributed by atoms with E-state index in [9.17, 15) is 9.59 Å². The van der Waals surface area contributed by atoms with Gasteiger partial charge in [0.2, 0.25) is 0 Å². The van der Waals surface area contributed by atoms with Crippen LogP contribution < -0.4 is 10.6 Å². The Labute approximate surface area is 158 Å². The Morgan fingerprint density at radius 2 is 1.33 bits per heavy atom. The summed E-state index contributed by atoms with van der Waals surface area (Å²) in [6.45, 7) is 5.81. The summed E-state index contributed by atoms with van der Waals surface area (Å²) in [5, 5.41) is 5.73. The van der Waals surface area contributed by atoms with Crippen LogP contribution in [0.5, 0.6) is 0 Å². The lowest BCUT2D eigenvalue weighted by Crippen LogP contribution is -2.17. The number of pyridine rings is 1. The molecule has 0 aliphatic rings. The van der Waals surface area contributed by atoms with Gasteiger partial charge >= 0.3 is 0 Å². The summed E-state index contributed by atoms with van der Waals surface area (Å²) < 4.78 is 0. The van der Waals surface area contributed by atoms with Crippen molar-refractivity contribution >= 4 is 23.2 Å². The van der Waals surface area contributed by atoms with Crippen molar-refractivity contribution in [2.75, 3.05) is 10.6 Å². The SMILES string of the molecule is Cc1ccc(C)c(NC(=O)c2cncc(C(=O)Nc3ccccc3C)c2)c1. The summed E-state index contributed by atoms with van der Waals surface area (Å²) in [7, 11) is 0. The van der Waals surface area contributed by atoms with E-state index in [0.717, 1.165) is 28.1 Å². The Bertz CT molecular complexity index is 1010. The van der Waals surface area contributed by atoms with Gasteiger partial charge in [0.25, 0.3) is 11.8 Å². The molecule has 0 atom stereocenters. The van der Waals surface area contributed by atoms with E-state index in [4.69, 9.17) is 0 Å². The third-order valence-electron chi connectivity index (χ3n) is 4.30. The number of hydrogen-bond donors (Lipinski definition) is 2. The van der Waals surface area contributed by atoms with Crippen molar-refractivity contribution in [3.8, 4) is 0 Å². The zero-order valence-corrected chi connectivity index (χ0v) is 15.5. The first-order valence-corrected chi connectivity index (χ1v) is 8.64. The van der Waals surface area contributed by atoms with Crippen molar-refractivity contribution in [2.45, 2.75) is 20.8 Å². The highest BCUT2D eigenvalue weighted by Gasteiger charge is 2.13. The number of benzene rings is 2. The Morgan fingerprint density at radius 1 is 0.741 bits per heavy atom. The maximum absolute atomic E-state index is 12.6. The van der Waals surface area contributed by atoms with E-state index in [1.807, 2.05) is 63.2 Å². The van der Waals surface area contributed by atoms with Crippen LogP contribution in [0.1, 0.15) is 37.4 Å². The minimum atomic E-state index is -0.307. The molecule has 0 bridgehead atoms. The number of anilines is 2. The van der Waals surface area contributed by atoms with Gasteiger partial charge in [-0.2, -0.15) is 0 Å². The number of aryl methyl sites for hydroxylation is 3. The van der Waals surface area contributed by atoms with Gasteiger partial charge in [0.1, 0.15) is 0 Å². The van der Waals surface area contributed by atoms with Crippen LogP contribution in [0, 0.1) is 20.8 Å². The first-order valence-electron chi connectivity index (χ1n) is 8.64. The van der Waals surface area contributed by atoms with Crippen molar-refractivity contribution in [2.24, 2.45) is 0 Å². The third kappa shape index (κ3) is 4.39. The van der Waals surface area contributed by atoms with E-state index in [1.165, 1.54) is 12.4 Å². The molecule has 0 unspecified atom stereocenters. The smallest absolute Gasteiger partial charge is 0.257 e. The fourth-order valence-corrected chi connectivity index (χ4v) is 2.66. The van der Waals surface area contributed by atoms with Gasteiger partial charge in [-0.3, -0.25) is 14.6 Å². The molecule has 1 heterocycles. The van der Waals surface area contributed by atoms with Crippen molar-refractivity contribution in [3.63, 3.8) is 0 Å². The van der Waals surface area contributed by atoms with Gasteiger partial charge in [0, 0.05) is 23.8 Å². The highest BCUT2D eigenvalue weighted by molar-refractivity contribution is 6.08. The molecule has 3 aromatic rings. The van der Waals surface area contributed by atoms with Crippen LogP contribution in [0.2, 0.25) is 0 Å². The van der Waals surface area contributed by atoms with Gasteiger partial charge < -0.3 is 10.6 Å². The summed E-state index contributed by atoms with van der Waals surface area (Å²) in [6, 6.07) is 14.9. The standard InChI is InChI=1S/C22H21N3O2/c1-14-8-9-16(3)20(10-14)25-22(27)18-11-17(12-23-13-18)21(26)24-19-7-5-4-6-15(19)2/h4-13H,1-3H3,(H,24,26)(H,25,27). The zero-order valence-electron chi connectivity index (χ0n) is 15.5. The Morgan fingerprint density at radius 3 is 2.00 bits per heavy atom. The summed E-state index contributed by atoms with van der Waals surface area (Å²) >= 11 is 0. The van der Waals surface area contributed by atoms with Crippen molar-refractivity contribution in [1.29, 1.82) is 0 Å². The fourth-order valence-electron chi connectivity index (χ4n) is 2.66. The lowest BCUT2D eigenvalue weighted by Gasteiger charge is -2.11. The van der Waals surface area contributed by atoms with Crippen LogP contribution in [0.25, 0.3) is 0 Å². The second-order valence-electron chi connectivity index (χ2n) is 6.50. The maximum atomic E-state index is 12.6. The molecule has 0 saturated heterocycles. The molecule has 2 aromatic carbocycles. The average Bonchev–Trinajstić information content (AvgIpc) is 2.66. The molecular formula is C22H21N3O2. The first-order chi connectivity index (χ1) is 12.9. The van der Waals surface area contributed by atoms with Crippen molar-refractivity contribution < 1.29 is 9.59 Å². The number of hydrogen-bond acceptors (Lipinski definition) is 3. The molecule has 2 N–H and O–H groups in total. The number of nitrogens with zero attached hydrogens (tertiary/aromatic N) is 1. The number of amides is 2. The van der Waals surface area contributed by atoms with Crippen molar-refractivity contribution in [3.05, 3.63) is 88.7 Å². The number of nitrogens with one attached hydrogen (secondary N) is 2. The second kappa shape index (κ2) is 7.83. The highest BCUT2D eigenvalue weighted by atomic mass is 16.2. The molecule has 0 aliphatic carbocycles. The molecule has 0 radical (unpaired) electrons. The number of carbonyl (C=O) groups is 2. The van der Waals surface area contributed by atoms with Gasteiger partial charge in [0.15, 0.2) is 0 Å². The minimum absolute atomic E-state index is 0.304. The van der Waals surface area contributed by atoms with Gasteiger partial charge in [-0.15, -0.1) is 0 Å². The normalized spacial score (nSPS) is 10.3. The number of aromatic nitrogens is 1.